The number of hydrogen-bond donors (Lipinski definition) is 0. The van der Waals surface area contributed by atoms with Crippen molar-refractivity contribution >= 4 is 28.4 Å². The Bertz CT molecular complexity index is 1080. The third-order valence-electron chi connectivity index (χ3n) is 5.51. The fourth-order valence-corrected chi connectivity index (χ4v) is 3.93. The number of aromatic nitrogens is 1. The van der Waals surface area contributed by atoms with Gasteiger partial charge in [0.2, 0.25) is 5.91 Å². The molecule has 0 spiro atoms. The number of aryl methyl sites for hydroxylation is 1. The standard InChI is InChI=1S/C23H25N3O3/c1-16-5-4-6-18(13-16)24-9-11-25(12-10-24)23(28)21-15-26(17(2)27)22-8-7-19(29-3)14-20(21)22/h4-8,13-15H,9-12H2,1-3H3. The van der Waals surface area contributed by atoms with E-state index in [1.807, 2.05) is 17.0 Å². The molecule has 1 saturated heterocycles. The van der Waals surface area contributed by atoms with E-state index in [9.17, 15) is 9.59 Å². The van der Waals surface area contributed by atoms with Crippen LogP contribution in [0.3, 0.4) is 0 Å². The number of benzene rings is 2. The van der Waals surface area contributed by atoms with Crippen molar-refractivity contribution in [3.63, 3.8) is 0 Å². The van der Waals surface area contributed by atoms with Crippen LogP contribution in [0.25, 0.3) is 10.9 Å². The lowest BCUT2D eigenvalue weighted by Crippen LogP contribution is -2.48. The summed E-state index contributed by atoms with van der Waals surface area (Å²) in [5.41, 5.74) is 3.68. The molecule has 0 unspecified atom stereocenters. The summed E-state index contributed by atoms with van der Waals surface area (Å²) in [6.45, 7) is 6.43. The molecule has 3 aromatic rings. The zero-order chi connectivity index (χ0) is 20.5. The highest BCUT2D eigenvalue weighted by Gasteiger charge is 2.26. The van der Waals surface area contributed by atoms with Crippen molar-refractivity contribution in [2.24, 2.45) is 0 Å². The Balaban J connectivity index is 1.59. The molecule has 1 fully saturated rings. The van der Waals surface area contributed by atoms with Gasteiger partial charge in [0, 0.05) is 50.4 Å². The summed E-state index contributed by atoms with van der Waals surface area (Å²) >= 11 is 0. The molecule has 1 aliphatic rings. The third-order valence-corrected chi connectivity index (χ3v) is 5.51. The van der Waals surface area contributed by atoms with Crippen LogP contribution in [-0.4, -0.2) is 54.6 Å². The Morgan fingerprint density at radius 2 is 1.76 bits per heavy atom. The van der Waals surface area contributed by atoms with Crippen molar-refractivity contribution in [1.29, 1.82) is 0 Å². The van der Waals surface area contributed by atoms with Crippen LogP contribution in [0.2, 0.25) is 0 Å². The van der Waals surface area contributed by atoms with Gasteiger partial charge in [0.15, 0.2) is 0 Å². The summed E-state index contributed by atoms with van der Waals surface area (Å²) in [5, 5.41) is 0.741. The predicted molar refractivity (Wildman–Crippen MR) is 114 cm³/mol. The third kappa shape index (κ3) is 3.58. The smallest absolute Gasteiger partial charge is 0.256 e. The maximum atomic E-state index is 13.3. The van der Waals surface area contributed by atoms with Gasteiger partial charge in [-0.2, -0.15) is 0 Å². The number of fused-ring (bicyclic) bond motifs is 1. The van der Waals surface area contributed by atoms with E-state index in [1.165, 1.54) is 22.7 Å². The summed E-state index contributed by atoms with van der Waals surface area (Å²) in [6, 6.07) is 13.9. The van der Waals surface area contributed by atoms with E-state index < -0.39 is 0 Å². The lowest BCUT2D eigenvalue weighted by molar-refractivity contribution is 0.0748. The molecule has 0 saturated carbocycles. The van der Waals surface area contributed by atoms with E-state index in [2.05, 4.69) is 36.1 Å². The van der Waals surface area contributed by atoms with Gasteiger partial charge >= 0.3 is 0 Å². The van der Waals surface area contributed by atoms with Crippen molar-refractivity contribution in [3.05, 3.63) is 59.8 Å². The maximum absolute atomic E-state index is 13.3. The van der Waals surface area contributed by atoms with Crippen LogP contribution in [0.1, 0.15) is 27.6 Å². The lowest BCUT2D eigenvalue weighted by Gasteiger charge is -2.36. The van der Waals surface area contributed by atoms with Crippen LogP contribution >= 0.6 is 0 Å². The minimum Gasteiger partial charge on any atom is -0.497 e. The molecular weight excluding hydrogens is 366 g/mol. The van der Waals surface area contributed by atoms with E-state index in [-0.39, 0.29) is 11.8 Å². The van der Waals surface area contributed by atoms with E-state index in [0.717, 1.165) is 24.0 Å². The van der Waals surface area contributed by atoms with Crippen molar-refractivity contribution in [1.82, 2.24) is 9.47 Å². The minimum absolute atomic E-state index is 0.0489. The SMILES string of the molecule is COc1ccc2c(c1)c(C(=O)N1CCN(c3cccc(C)c3)CC1)cn2C(C)=O. The highest BCUT2D eigenvalue weighted by Crippen LogP contribution is 2.28. The fraction of sp³-hybridized carbons (Fsp3) is 0.304. The minimum atomic E-state index is -0.122. The molecule has 2 aromatic carbocycles. The average Bonchev–Trinajstić information content (AvgIpc) is 3.12. The number of piperazine rings is 1. The zero-order valence-corrected chi connectivity index (χ0v) is 17.0. The quantitative estimate of drug-likeness (QED) is 0.685. The number of amides is 1. The van der Waals surface area contributed by atoms with Gasteiger partial charge in [-0.05, 0) is 42.8 Å². The number of anilines is 1. The van der Waals surface area contributed by atoms with Gasteiger partial charge in [0.05, 0.1) is 18.2 Å². The summed E-state index contributed by atoms with van der Waals surface area (Å²) in [4.78, 5) is 29.5. The number of carbonyl (C=O) groups excluding carboxylic acids is 2. The molecule has 150 valence electrons. The first-order valence-electron chi connectivity index (χ1n) is 9.79. The summed E-state index contributed by atoms with van der Waals surface area (Å²) in [5.74, 6) is 0.493. The first kappa shape index (κ1) is 19.1. The molecule has 0 atom stereocenters. The topological polar surface area (TPSA) is 54.8 Å². The highest BCUT2D eigenvalue weighted by atomic mass is 16.5. The Labute approximate surface area is 170 Å². The molecule has 0 bridgehead atoms. The lowest BCUT2D eigenvalue weighted by atomic mass is 10.1. The normalized spacial score (nSPS) is 14.3. The van der Waals surface area contributed by atoms with E-state index in [0.29, 0.717) is 24.4 Å². The van der Waals surface area contributed by atoms with Crippen molar-refractivity contribution in [2.75, 3.05) is 38.2 Å². The van der Waals surface area contributed by atoms with Crippen molar-refractivity contribution in [3.8, 4) is 5.75 Å². The van der Waals surface area contributed by atoms with Gasteiger partial charge < -0.3 is 14.5 Å². The van der Waals surface area contributed by atoms with Crippen molar-refractivity contribution in [2.45, 2.75) is 13.8 Å². The molecule has 1 aliphatic heterocycles. The molecule has 1 aromatic heterocycles. The molecule has 2 heterocycles. The number of hydrogen-bond acceptors (Lipinski definition) is 4. The van der Waals surface area contributed by atoms with E-state index >= 15 is 0 Å². The highest BCUT2D eigenvalue weighted by molar-refractivity contribution is 6.09. The Morgan fingerprint density at radius 3 is 2.41 bits per heavy atom. The van der Waals surface area contributed by atoms with Crippen LogP contribution < -0.4 is 9.64 Å². The number of nitrogens with zero attached hydrogens (tertiary/aromatic N) is 3. The fourth-order valence-electron chi connectivity index (χ4n) is 3.93. The summed E-state index contributed by atoms with van der Waals surface area (Å²) in [6.07, 6.45) is 1.65. The molecule has 0 aliphatic carbocycles. The first-order valence-corrected chi connectivity index (χ1v) is 9.79. The van der Waals surface area contributed by atoms with E-state index in [1.54, 1.807) is 19.4 Å². The van der Waals surface area contributed by atoms with Crippen molar-refractivity contribution < 1.29 is 14.3 Å². The maximum Gasteiger partial charge on any atom is 0.256 e. The van der Waals surface area contributed by atoms with Crippen LogP contribution in [0, 0.1) is 6.92 Å². The molecule has 0 radical (unpaired) electrons. The number of methoxy groups -OCH3 is 1. The monoisotopic (exact) mass is 391 g/mol. The number of rotatable bonds is 3. The van der Waals surface area contributed by atoms with Gasteiger partial charge in [-0.25, -0.2) is 0 Å². The summed E-state index contributed by atoms with van der Waals surface area (Å²) < 4.78 is 6.85. The molecule has 1 amide bonds. The van der Waals surface area contributed by atoms with Gasteiger partial charge in [-0.15, -0.1) is 0 Å². The number of carbonyl (C=O) groups is 2. The Hall–Kier alpha value is -3.28. The molecule has 29 heavy (non-hydrogen) atoms. The van der Waals surface area contributed by atoms with Gasteiger partial charge in [-0.1, -0.05) is 12.1 Å². The van der Waals surface area contributed by atoms with Crippen LogP contribution in [-0.2, 0) is 0 Å². The van der Waals surface area contributed by atoms with Crippen LogP contribution in [0.5, 0.6) is 5.75 Å². The Morgan fingerprint density at radius 1 is 1.00 bits per heavy atom. The molecular formula is C23H25N3O3. The van der Waals surface area contributed by atoms with Crippen LogP contribution in [0.4, 0.5) is 5.69 Å². The molecule has 4 rings (SSSR count). The molecule has 6 nitrogen and oxygen atoms in total. The molecule has 0 N–H and O–H groups in total. The second kappa shape index (κ2) is 7.62. The average molecular weight is 391 g/mol. The van der Waals surface area contributed by atoms with E-state index in [4.69, 9.17) is 4.74 Å². The summed E-state index contributed by atoms with van der Waals surface area (Å²) in [7, 11) is 1.59. The largest absolute Gasteiger partial charge is 0.497 e. The second-order valence-electron chi connectivity index (χ2n) is 7.43. The van der Waals surface area contributed by atoms with Gasteiger partial charge in [0.25, 0.3) is 5.91 Å². The Kier molecular flexibility index (Phi) is 5.01. The molecule has 6 heteroatoms. The zero-order valence-electron chi connectivity index (χ0n) is 17.0. The second-order valence-corrected chi connectivity index (χ2v) is 7.43. The predicted octanol–water partition coefficient (Wildman–Crippen LogP) is 3.58. The van der Waals surface area contributed by atoms with Gasteiger partial charge in [-0.3, -0.25) is 14.2 Å². The number of ether oxygens (including phenoxy) is 1. The van der Waals surface area contributed by atoms with Crippen LogP contribution in [0.15, 0.2) is 48.7 Å². The first-order chi connectivity index (χ1) is 14.0. The van der Waals surface area contributed by atoms with Gasteiger partial charge in [0.1, 0.15) is 5.75 Å².